The van der Waals surface area contributed by atoms with Crippen molar-refractivity contribution in [1.29, 1.82) is 0 Å². The minimum atomic E-state index is -4.61. The number of nitrogens with two attached hydrogens (primary N) is 2. The molecule has 0 aromatic carbocycles. The van der Waals surface area contributed by atoms with E-state index in [9.17, 15) is 18.0 Å². The second kappa shape index (κ2) is 8.61. The van der Waals surface area contributed by atoms with E-state index in [1.54, 1.807) is 4.90 Å². The fourth-order valence-electron chi connectivity index (χ4n) is 2.07. The van der Waals surface area contributed by atoms with Crippen LogP contribution in [-0.4, -0.2) is 54.8 Å². The Morgan fingerprint density at radius 3 is 2.65 bits per heavy atom. The van der Waals surface area contributed by atoms with Gasteiger partial charge >= 0.3 is 6.18 Å². The number of alkyl halides is 3. The van der Waals surface area contributed by atoms with Gasteiger partial charge in [0, 0.05) is 44.2 Å². The SMILES string of the molecule is N/C=C(\C=NCC(=O)NCCN)c1cc(C(F)(F)F)nc(N2CCC2)n1. The minimum Gasteiger partial charge on any atom is -0.404 e. The van der Waals surface area contributed by atoms with Crippen LogP contribution in [0.3, 0.4) is 0 Å². The van der Waals surface area contributed by atoms with Gasteiger partial charge in [0.25, 0.3) is 0 Å². The Hall–Kier alpha value is -2.69. The van der Waals surface area contributed by atoms with E-state index < -0.39 is 11.9 Å². The zero-order valence-corrected chi connectivity index (χ0v) is 14.0. The van der Waals surface area contributed by atoms with Crippen LogP contribution in [0, 0.1) is 0 Å². The summed E-state index contributed by atoms with van der Waals surface area (Å²) in [4.78, 5) is 24.7. The molecule has 2 heterocycles. The van der Waals surface area contributed by atoms with Crippen LogP contribution in [0.1, 0.15) is 17.8 Å². The lowest BCUT2D eigenvalue weighted by Crippen LogP contribution is -2.38. The first kappa shape index (κ1) is 19.6. The predicted octanol–water partition coefficient (Wildman–Crippen LogP) is 0.151. The van der Waals surface area contributed by atoms with Gasteiger partial charge in [-0.15, -0.1) is 0 Å². The molecule has 1 aromatic heterocycles. The number of amides is 1. The molecule has 11 heteroatoms. The van der Waals surface area contributed by atoms with E-state index in [1.807, 2.05) is 0 Å². The maximum atomic E-state index is 13.1. The fraction of sp³-hybridized carbons (Fsp3) is 0.467. The molecule has 0 atom stereocenters. The maximum absolute atomic E-state index is 13.1. The average Bonchev–Trinajstić information content (AvgIpc) is 2.54. The number of carbonyl (C=O) groups is 1. The summed E-state index contributed by atoms with van der Waals surface area (Å²) >= 11 is 0. The van der Waals surface area contributed by atoms with Crippen LogP contribution in [0.15, 0.2) is 17.3 Å². The molecular formula is C15H20F3N7O. The Bertz CT molecular complexity index is 699. The second-order valence-electron chi connectivity index (χ2n) is 5.51. The molecule has 8 nitrogen and oxygen atoms in total. The number of aromatic nitrogens is 2. The molecule has 1 amide bonds. The fourth-order valence-corrected chi connectivity index (χ4v) is 2.07. The van der Waals surface area contributed by atoms with Crippen LogP contribution in [-0.2, 0) is 11.0 Å². The molecule has 1 aliphatic rings. The molecule has 142 valence electrons. The highest BCUT2D eigenvalue weighted by Crippen LogP contribution is 2.31. The molecule has 5 N–H and O–H groups in total. The van der Waals surface area contributed by atoms with Gasteiger partial charge in [0.15, 0.2) is 5.69 Å². The van der Waals surface area contributed by atoms with Gasteiger partial charge in [0.1, 0.15) is 6.54 Å². The standard InChI is InChI=1S/C15H20F3N7O/c16-15(17,18)12-6-11(23-14(24-12)25-4-1-5-25)10(7-20)8-21-9-13(26)22-3-2-19/h6-8H,1-5,9,19-20H2,(H,22,26)/b10-7+,21-8?. The van der Waals surface area contributed by atoms with Gasteiger partial charge in [-0.25, -0.2) is 9.97 Å². The van der Waals surface area contributed by atoms with Gasteiger partial charge in [-0.3, -0.25) is 9.79 Å². The zero-order chi connectivity index (χ0) is 19.2. The largest absolute Gasteiger partial charge is 0.433 e. The highest BCUT2D eigenvalue weighted by molar-refractivity contribution is 6.09. The van der Waals surface area contributed by atoms with Crippen molar-refractivity contribution >= 4 is 23.6 Å². The van der Waals surface area contributed by atoms with E-state index in [-0.39, 0.29) is 29.7 Å². The Kier molecular flexibility index (Phi) is 6.50. The molecule has 26 heavy (non-hydrogen) atoms. The highest BCUT2D eigenvalue weighted by Gasteiger charge is 2.35. The van der Waals surface area contributed by atoms with Gasteiger partial charge in [-0.2, -0.15) is 13.2 Å². The number of aliphatic imine (C=N–C) groups is 1. The van der Waals surface area contributed by atoms with Crippen molar-refractivity contribution < 1.29 is 18.0 Å². The van der Waals surface area contributed by atoms with Crippen molar-refractivity contribution in [2.75, 3.05) is 37.6 Å². The van der Waals surface area contributed by atoms with E-state index in [0.717, 1.165) is 18.7 Å². The molecule has 1 saturated heterocycles. The summed E-state index contributed by atoms with van der Waals surface area (Å²) in [5, 5.41) is 2.52. The number of hydrogen-bond donors (Lipinski definition) is 3. The number of nitrogens with zero attached hydrogens (tertiary/aromatic N) is 4. The Balaban J connectivity index is 2.22. The highest BCUT2D eigenvalue weighted by atomic mass is 19.4. The molecule has 0 bridgehead atoms. The molecular weight excluding hydrogens is 351 g/mol. The molecule has 1 aliphatic heterocycles. The number of nitrogens with one attached hydrogen (secondary N) is 1. The normalized spacial score (nSPS) is 15.2. The van der Waals surface area contributed by atoms with Gasteiger partial charge in [0.2, 0.25) is 11.9 Å². The maximum Gasteiger partial charge on any atom is 0.433 e. The summed E-state index contributed by atoms with van der Waals surface area (Å²) in [5.74, 6) is -0.363. The summed E-state index contributed by atoms with van der Waals surface area (Å²) in [6.07, 6.45) is -1.45. The van der Waals surface area contributed by atoms with E-state index in [4.69, 9.17) is 11.5 Å². The van der Waals surface area contributed by atoms with Crippen molar-refractivity contribution in [2.24, 2.45) is 16.5 Å². The number of anilines is 1. The quantitative estimate of drug-likeness (QED) is 0.587. The molecule has 1 fully saturated rings. The van der Waals surface area contributed by atoms with Crippen LogP contribution >= 0.6 is 0 Å². The topological polar surface area (TPSA) is 123 Å². The Morgan fingerprint density at radius 1 is 1.38 bits per heavy atom. The van der Waals surface area contributed by atoms with Gasteiger partial charge in [0.05, 0.1) is 5.69 Å². The third kappa shape index (κ3) is 5.15. The molecule has 0 spiro atoms. The van der Waals surface area contributed by atoms with Crippen LogP contribution in [0.25, 0.3) is 5.57 Å². The summed E-state index contributed by atoms with van der Waals surface area (Å²) in [6, 6.07) is 0.808. The third-order valence-corrected chi connectivity index (χ3v) is 3.55. The molecule has 0 saturated carbocycles. The zero-order valence-electron chi connectivity index (χ0n) is 14.0. The van der Waals surface area contributed by atoms with Crippen molar-refractivity contribution in [2.45, 2.75) is 12.6 Å². The lowest BCUT2D eigenvalue weighted by molar-refractivity contribution is -0.141. The summed E-state index contributed by atoms with van der Waals surface area (Å²) in [7, 11) is 0. The monoisotopic (exact) mass is 371 g/mol. The van der Waals surface area contributed by atoms with E-state index in [0.29, 0.717) is 26.2 Å². The molecule has 0 unspecified atom stereocenters. The Labute approximate surface area is 148 Å². The third-order valence-electron chi connectivity index (χ3n) is 3.55. The lowest BCUT2D eigenvalue weighted by atomic mass is 10.2. The molecule has 2 rings (SSSR count). The molecule has 1 aromatic rings. The number of hydrogen-bond acceptors (Lipinski definition) is 7. The van der Waals surface area contributed by atoms with Gasteiger partial charge in [-0.05, 0) is 12.5 Å². The predicted molar refractivity (Wildman–Crippen MR) is 91.5 cm³/mol. The minimum absolute atomic E-state index is 0.00508. The Morgan fingerprint density at radius 2 is 2.12 bits per heavy atom. The number of halogens is 3. The van der Waals surface area contributed by atoms with E-state index in [1.165, 1.54) is 6.21 Å². The van der Waals surface area contributed by atoms with Crippen LogP contribution < -0.4 is 21.7 Å². The van der Waals surface area contributed by atoms with Crippen LogP contribution in [0.4, 0.5) is 19.1 Å². The van der Waals surface area contributed by atoms with Gasteiger partial charge in [-0.1, -0.05) is 0 Å². The van der Waals surface area contributed by atoms with E-state index in [2.05, 4.69) is 20.3 Å². The van der Waals surface area contributed by atoms with Crippen LogP contribution in [0.5, 0.6) is 0 Å². The molecule has 0 aliphatic carbocycles. The summed E-state index contributed by atoms with van der Waals surface area (Å²) in [5.41, 5.74) is 9.86. The smallest absolute Gasteiger partial charge is 0.404 e. The number of carbonyl (C=O) groups excluding carboxylic acids is 1. The van der Waals surface area contributed by atoms with Gasteiger partial charge < -0.3 is 21.7 Å². The van der Waals surface area contributed by atoms with Crippen LogP contribution in [0.2, 0.25) is 0 Å². The summed E-state index contributed by atoms with van der Waals surface area (Å²) in [6.45, 7) is 1.60. The van der Waals surface area contributed by atoms with Crippen molar-refractivity contribution in [3.63, 3.8) is 0 Å². The first-order valence-electron chi connectivity index (χ1n) is 7.95. The van der Waals surface area contributed by atoms with Crippen molar-refractivity contribution in [1.82, 2.24) is 15.3 Å². The number of rotatable bonds is 7. The van der Waals surface area contributed by atoms with Crippen molar-refractivity contribution in [3.8, 4) is 0 Å². The first-order chi connectivity index (χ1) is 12.3. The molecule has 0 radical (unpaired) electrons. The second-order valence-corrected chi connectivity index (χ2v) is 5.51. The average molecular weight is 371 g/mol. The summed E-state index contributed by atoms with van der Waals surface area (Å²) < 4.78 is 39.4. The first-order valence-corrected chi connectivity index (χ1v) is 7.95. The number of allylic oxidation sites excluding steroid dienone is 1. The lowest BCUT2D eigenvalue weighted by Gasteiger charge is -2.31. The van der Waals surface area contributed by atoms with Crippen molar-refractivity contribution in [3.05, 3.63) is 23.7 Å². The van der Waals surface area contributed by atoms with E-state index >= 15 is 0 Å².